The Labute approximate surface area is 98.6 Å². The molecule has 16 heavy (non-hydrogen) atoms. The van der Waals surface area contributed by atoms with Crippen LogP contribution in [0.25, 0.3) is 0 Å². The molecule has 1 saturated carbocycles. The molecule has 1 saturated heterocycles. The molecule has 3 nitrogen and oxygen atoms in total. The SMILES string of the molecule is CC(C)NC1CCCN(C2CCCC2)C1=O. The van der Waals surface area contributed by atoms with Gasteiger partial charge in [-0.25, -0.2) is 0 Å². The molecule has 0 radical (unpaired) electrons. The van der Waals surface area contributed by atoms with Crippen molar-refractivity contribution in [1.29, 1.82) is 0 Å². The third-order valence-electron chi connectivity index (χ3n) is 3.77. The van der Waals surface area contributed by atoms with Crippen LogP contribution in [0.1, 0.15) is 52.4 Å². The summed E-state index contributed by atoms with van der Waals surface area (Å²) >= 11 is 0. The first-order chi connectivity index (χ1) is 7.68. The zero-order chi connectivity index (χ0) is 11.5. The summed E-state index contributed by atoms with van der Waals surface area (Å²) in [5.74, 6) is 0.354. The fourth-order valence-corrected chi connectivity index (χ4v) is 3.04. The van der Waals surface area contributed by atoms with Gasteiger partial charge in [-0.05, 0) is 25.7 Å². The van der Waals surface area contributed by atoms with Crippen LogP contribution >= 0.6 is 0 Å². The number of amides is 1. The summed E-state index contributed by atoms with van der Waals surface area (Å²) in [6.07, 6.45) is 7.22. The van der Waals surface area contributed by atoms with Gasteiger partial charge in [-0.15, -0.1) is 0 Å². The number of piperidine rings is 1. The predicted octanol–water partition coefficient (Wildman–Crippen LogP) is 1.92. The highest BCUT2D eigenvalue weighted by molar-refractivity contribution is 5.83. The molecule has 2 rings (SSSR count). The minimum atomic E-state index is 0.0781. The van der Waals surface area contributed by atoms with Crippen LogP contribution in [-0.4, -0.2) is 35.5 Å². The normalized spacial score (nSPS) is 28.1. The van der Waals surface area contributed by atoms with E-state index in [1.54, 1.807) is 0 Å². The number of carbonyl (C=O) groups is 1. The van der Waals surface area contributed by atoms with E-state index in [1.165, 1.54) is 25.7 Å². The van der Waals surface area contributed by atoms with Crippen molar-refractivity contribution in [3.8, 4) is 0 Å². The maximum Gasteiger partial charge on any atom is 0.239 e. The highest BCUT2D eigenvalue weighted by Crippen LogP contribution is 2.26. The molecule has 0 aromatic rings. The smallest absolute Gasteiger partial charge is 0.239 e. The van der Waals surface area contributed by atoms with Crippen LogP contribution in [0.3, 0.4) is 0 Å². The van der Waals surface area contributed by atoms with Crippen molar-refractivity contribution in [3.05, 3.63) is 0 Å². The van der Waals surface area contributed by atoms with Gasteiger partial charge in [-0.1, -0.05) is 26.7 Å². The number of hydrogen-bond acceptors (Lipinski definition) is 2. The maximum atomic E-state index is 12.3. The lowest BCUT2D eigenvalue weighted by molar-refractivity contribution is -0.138. The first-order valence-electron chi connectivity index (χ1n) is 6.75. The molecule has 1 unspecified atom stereocenters. The number of carbonyl (C=O) groups excluding carboxylic acids is 1. The standard InChI is InChI=1S/C13H24N2O/c1-10(2)14-12-8-5-9-15(13(12)16)11-6-3-4-7-11/h10-12,14H,3-9H2,1-2H3. The molecule has 92 valence electrons. The van der Waals surface area contributed by atoms with Crippen LogP contribution in [0.15, 0.2) is 0 Å². The second kappa shape index (κ2) is 5.17. The Bertz CT molecular complexity index is 246. The first-order valence-corrected chi connectivity index (χ1v) is 6.75. The topological polar surface area (TPSA) is 32.3 Å². The fraction of sp³-hybridized carbons (Fsp3) is 0.923. The van der Waals surface area contributed by atoms with Gasteiger partial charge in [0.05, 0.1) is 6.04 Å². The van der Waals surface area contributed by atoms with Crippen molar-refractivity contribution in [3.63, 3.8) is 0 Å². The maximum absolute atomic E-state index is 12.3. The molecule has 1 aliphatic heterocycles. The highest BCUT2D eigenvalue weighted by Gasteiger charge is 2.34. The summed E-state index contributed by atoms with van der Waals surface area (Å²) in [5, 5.41) is 3.39. The zero-order valence-electron chi connectivity index (χ0n) is 10.5. The van der Waals surface area contributed by atoms with Gasteiger partial charge < -0.3 is 10.2 Å². The Morgan fingerprint density at radius 3 is 2.50 bits per heavy atom. The van der Waals surface area contributed by atoms with E-state index in [4.69, 9.17) is 0 Å². The molecular formula is C13H24N2O. The molecule has 0 bridgehead atoms. The summed E-state index contributed by atoms with van der Waals surface area (Å²) in [6, 6.07) is 1.02. The minimum absolute atomic E-state index is 0.0781. The molecule has 1 heterocycles. The van der Waals surface area contributed by atoms with E-state index in [1.807, 2.05) is 0 Å². The van der Waals surface area contributed by atoms with Gasteiger partial charge in [-0.2, -0.15) is 0 Å². The monoisotopic (exact) mass is 224 g/mol. The van der Waals surface area contributed by atoms with Crippen LogP contribution in [0, 0.1) is 0 Å². The van der Waals surface area contributed by atoms with E-state index in [-0.39, 0.29) is 6.04 Å². The molecule has 1 N–H and O–H groups in total. The van der Waals surface area contributed by atoms with E-state index in [9.17, 15) is 4.79 Å². The van der Waals surface area contributed by atoms with Crippen LogP contribution < -0.4 is 5.32 Å². The molecule has 2 fully saturated rings. The summed E-state index contributed by atoms with van der Waals surface area (Å²) in [7, 11) is 0. The number of likely N-dealkylation sites (tertiary alicyclic amines) is 1. The van der Waals surface area contributed by atoms with Crippen molar-refractivity contribution in [2.45, 2.75) is 70.5 Å². The number of rotatable bonds is 3. The predicted molar refractivity (Wildman–Crippen MR) is 65.3 cm³/mol. The summed E-state index contributed by atoms with van der Waals surface area (Å²) in [4.78, 5) is 14.5. The van der Waals surface area contributed by atoms with Gasteiger partial charge in [-0.3, -0.25) is 4.79 Å². The average molecular weight is 224 g/mol. The molecule has 1 aliphatic carbocycles. The van der Waals surface area contributed by atoms with Crippen molar-refractivity contribution < 1.29 is 4.79 Å². The van der Waals surface area contributed by atoms with Gasteiger partial charge in [0.2, 0.25) is 5.91 Å². The van der Waals surface area contributed by atoms with E-state index in [0.29, 0.717) is 18.0 Å². The Hall–Kier alpha value is -0.570. The van der Waals surface area contributed by atoms with Gasteiger partial charge in [0, 0.05) is 18.6 Å². The second-order valence-electron chi connectivity index (χ2n) is 5.49. The van der Waals surface area contributed by atoms with Crippen molar-refractivity contribution in [2.24, 2.45) is 0 Å². The Balaban J connectivity index is 1.95. The van der Waals surface area contributed by atoms with Gasteiger partial charge in [0.1, 0.15) is 0 Å². The third-order valence-corrected chi connectivity index (χ3v) is 3.77. The number of nitrogens with zero attached hydrogens (tertiary/aromatic N) is 1. The average Bonchev–Trinajstić information content (AvgIpc) is 2.73. The molecule has 1 amide bonds. The van der Waals surface area contributed by atoms with Crippen molar-refractivity contribution in [2.75, 3.05) is 6.54 Å². The van der Waals surface area contributed by atoms with Crippen molar-refractivity contribution >= 4 is 5.91 Å². The van der Waals surface area contributed by atoms with Crippen molar-refractivity contribution in [1.82, 2.24) is 10.2 Å². The Morgan fingerprint density at radius 2 is 1.88 bits per heavy atom. The Kier molecular flexibility index (Phi) is 3.85. The van der Waals surface area contributed by atoms with Gasteiger partial charge in [0.15, 0.2) is 0 Å². The number of nitrogens with one attached hydrogen (secondary N) is 1. The van der Waals surface area contributed by atoms with E-state index in [0.717, 1.165) is 19.4 Å². The minimum Gasteiger partial charge on any atom is -0.338 e. The lowest BCUT2D eigenvalue weighted by atomic mass is 10.0. The van der Waals surface area contributed by atoms with Crippen LogP contribution in [0.5, 0.6) is 0 Å². The first kappa shape index (κ1) is 11.9. The van der Waals surface area contributed by atoms with Crippen LogP contribution in [-0.2, 0) is 4.79 Å². The third kappa shape index (κ3) is 2.57. The van der Waals surface area contributed by atoms with Gasteiger partial charge >= 0.3 is 0 Å². The summed E-state index contributed by atoms with van der Waals surface area (Å²) < 4.78 is 0. The second-order valence-corrected chi connectivity index (χ2v) is 5.49. The lowest BCUT2D eigenvalue weighted by Crippen LogP contribution is -2.54. The largest absolute Gasteiger partial charge is 0.338 e. The molecule has 0 aromatic heterocycles. The van der Waals surface area contributed by atoms with E-state index in [2.05, 4.69) is 24.1 Å². The van der Waals surface area contributed by atoms with Crippen LogP contribution in [0.4, 0.5) is 0 Å². The van der Waals surface area contributed by atoms with E-state index < -0.39 is 0 Å². The summed E-state index contributed by atoms with van der Waals surface area (Å²) in [6.45, 7) is 5.21. The molecule has 0 aromatic carbocycles. The van der Waals surface area contributed by atoms with Gasteiger partial charge in [0.25, 0.3) is 0 Å². The highest BCUT2D eigenvalue weighted by atomic mass is 16.2. The molecule has 1 atom stereocenters. The molecule has 0 spiro atoms. The Morgan fingerprint density at radius 1 is 1.19 bits per heavy atom. The molecule has 3 heteroatoms. The summed E-state index contributed by atoms with van der Waals surface area (Å²) in [5.41, 5.74) is 0. The zero-order valence-corrected chi connectivity index (χ0v) is 10.5. The molecular weight excluding hydrogens is 200 g/mol. The quantitative estimate of drug-likeness (QED) is 0.794. The van der Waals surface area contributed by atoms with Crippen LogP contribution in [0.2, 0.25) is 0 Å². The fourth-order valence-electron chi connectivity index (χ4n) is 3.04. The van der Waals surface area contributed by atoms with E-state index >= 15 is 0 Å². The number of hydrogen-bond donors (Lipinski definition) is 1. The lowest BCUT2D eigenvalue weighted by Gasteiger charge is -2.37. The molecule has 2 aliphatic rings.